The molecule has 0 saturated heterocycles. The van der Waals surface area contributed by atoms with Gasteiger partial charge in [-0.15, -0.1) is 21.5 Å². The highest BCUT2D eigenvalue weighted by Crippen LogP contribution is 2.19. The lowest BCUT2D eigenvalue weighted by Crippen LogP contribution is -2.18. The van der Waals surface area contributed by atoms with Gasteiger partial charge in [-0.25, -0.2) is 9.37 Å². The Morgan fingerprint density at radius 1 is 1.21 bits per heavy atom. The largest absolute Gasteiger partial charge is 0.323 e. The molecule has 0 saturated carbocycles. The van der Waals surface area contributed by atoms with Crippen molar-refractivity contribution in [1.82, 2.24) is 19.7 Å². The van der Waals surface area contributed by atoms with E-state index in [1.54, 1.807) is 23.7 Å². The molecule has 0 spiro atoms. The van der Waals surface area contributed by atoms with Gasteiger partial charge in [0.05, 0.1) is 23.6 Å². The number of carbonyl (C=O) groups is 2. The number of halogens is 1. The highest BCUT2D eigenvalue weighted by molar-refractivity contribution is 7.99. The molecule has 0 aliphatic rings. The predicted octanol–water partition coefficient (Wildman–Crippen LogP) is 2.63. The number of aromatic nitrogens is 4. The number of nitrogens with zero attached hydrogens (tertiary/aromatic N) is 4. The number of thiazole rings is 1. The van der Waals surface area contributed by atoms with Crippen LogP contribution in [0.4, 0.5) is 15.2 Å². The first kappa shape index (κ1) is 20.0. The highest BCUT2D eigenvalue weighted by atomic mass is 32.2. The van der Waals surface area contributed by atoms with Gasteiger partial charge in [-0.3, -0.25) is 9.59 Å². The fraction of sp³-hybridized carbons (Fsp3) is 0.235. The van der Waals surface area contributed by atoms with Gasteiger partial charge < -0.3 is 15.2 Å². The van der Waals surface area contributed by atoms with Crippen LogP contribution < -0.4 is 10.6 Å². The maximum Gasteiger partial charge on any atom is 0.236 e. The molecule has 28 heavy (non-hydrogen) atoms. The SMILES string of the molecule is Cc1csc(NC(=O)CSc2nnc(CC(=O)Nc3ccccc3F)n2C)n1. The monoisotopic (exact) mass is 420 g/mol. The lowest BCUT2D eigenvalue weighted by Gasteiger charge is -2.06. The topological polar surface area (TPSA) is 102 Å². The Balaban J connectivity index is 1.53. The lowest BCUT2D eigenvalue weighted by atomic mass is 10.3. The zero-order valence-electron chi connectivity index (χ0n) is 15.1. The number of para-hydroxylation sites is 1. The number of aryl methyl sites for hydroxylation is 1. The Kier molecular flexibility index (Phi) is 6.37. The van der Waals surface area contributed by atoms with E-state index in [-0.39, 0.29) is 23.8 Å². The van der Waals surface area contributed by atoms with E-state index in [0.29, 0.717) is 16.1 Å². The number of hydrogen-bond acceptors (Lipinski definition) is 7. The molecule has 0 bridgehead atoms. The summed E-state index contributed by atoms with van der Waals surface area (Å²) in [6.45, 7) is 1.85. The molecule has 0 aliphatic carbocycles. The maximum atomic E-state index is 13.6. The summed E-state index contributed by atoms with van der Waals surface area (Å²) in [5, 5.41) is 16.1. The number of hydrogen-bond donors (Lipinski definition) is 2. The minimum Gasteiger partial charge on any atom is -0.323 e. The lowest BCUT2D eigenvalue weighted by molar-refractivity contribution is -0.116. The molecule has 2 aromatic heterocycles. The standard InChI is InChI=1S/C17H17FN6O2S2/c1-10-8-27-16(19-10)21-15(26)9-28-17-23-22-13(24(17)2)7-14(25)20-12-6-4-3-5-11(12)18/h3-6,8H,7,9H2,1-2H3,(H,20,25)(H,19,21,26). The molecule has 3 aromatic rings. The van der Waals surface area contributed by atoms with Crippen molar-refractivity contribution in [2.45, 2.75) is 18.5 Å². The first-order valence-corrected chi connectivity index (χ1v) is 10.1. The molecule has 11 heteroatoms. The second-order valence-electron chi connectivity index (χ2n) is 5.79. The molecule has 0 fully saturated rings. The van der Waals surface area contributed by atoms with Gasteiger partial charge in [-0.1, -0.05) is 23.9 Å². The quantitative estimate of drug-likeness (QED) is 0.570. The summed E-state index contributed by atoms with van der Waals surface area (Å²) in [5.74, 6) is -0.583. The van der Waals surface area contributed by atoms with Crippen molar-refractivity contribution in [2.75, 3.05) is 16.4 Å². The molecule has 1 aromatic carbocycles. The molecule has 2 heterocycles. The van der Waals surface area contributed by atoms with Gasteiger partial charge in [0.15, 0.2) is 10.3 Å². The predicted molar refractivity (Wildman–Crippen MR) is 106 cm³/mol. The van der Waals surface area contributed by atoms with Crippen LogP contribution in [-0.4, -0.2) is 37.3 Å². The normalized spacial score (nSPS) is 10.7. The summed E-state index contributed by atoms with van der Waals surface area (Å²) in [6.07, 6.45) is -0.0665. The van der Waals surface area contributed by atoms with E-state index >= 15 is 0 Å². The second kappa shape index (κ2) is 8.93. The first-order valence-electron chi connectivity index (χ1n) is 8.20. The summed E-state index contributed by atoms with van der Waals surface area (Å²) in [5.41, 5.74) is 0.956. The number of rotatable bonds is 7. The summed E-state index contributed by atoms with van der Waals surface area (Å²) in [7, 11) is 1.70. The molecule has 146 valence electrons. The van der Waals surface area contributed by atoms with Crippen LogP contribution in [0.2, 0.25) is 0 Å². The van der Waals surface area contributed by atoms with Crippen molar-refractivity contribution in [1.29, 1.82) is 0 Å². The van der Waals surface area contributed by atoms with Crippen LogP contribution in [0.15, 0.2) is 34.8 Å². The Hall–Kier alpha value is -2.79. The molecule has 0 radical (unpaired) electrons. The Labute approximate surface area is 168 Å². The number of anilines is 2. The van der Waals surface area contributed by atoms with Crippen molar-refractivity contribution >= 4 is 45.7 Å². The molecular weight excluding hydrogens is 403 g/mol. The number of thioether (sulfide) groups is 1. The smallest absolute Gasteiger partial charge is 0.236 e. The van der Waals surface area contributed by atoms with E-state index in [0.717, 1.165) is 5.69 Å². The minimum atomic E-state index is -0.508. The van der Waals surface area contributed by atoms with E-state index in [1.807, 2.05) is 12.3 Å². The third-order valence-corrected chi connectivity index (χ3v) is 5.49. The van der Waals surface area contributed by atoms with Crippen molar-refractivity contribution in [3.63, 3.8) is 0 Å². The van der Waals surface area contributed by atoms with Crippen molar-refractivity contribution in [3.05, 3.63) is 47.0 Å². The van der Waals surface area contributed by atoms with E-state index in [1.165, 1.54) is 35.2 Å². The van der Waals surface area contributed by atoms with Gasteiger partial charge in [-0.2, -0.15) is 0 Å². The molecule has 3 rings (SSSR count). The average molecular weight is 420 g/mol. The van der Waals surface area contributed by atoms with Crippen LogP contribution in [0.25, 0.3) is 0 Å². The Morgan fingerprint density at radius 2 is 2.00 bits per heavy atom. The van der Waals surface area contributed by atoms with Crippen LogP contribution in [0.1, 0.15) is 11.5 Å². The third-order valence-electron chi connectivity index (χ3n) is 3.59. The molecule has 2 N–H and O–H groups in total. The molecule has 0 aliphatic heterocycles. The van der Waals surface area contributed by atoms with E-state index < -0.39 is 11.7 Å². The molecule has 8 nitrogen and oxygen atoms in total. The van der Waals surface area contributed by atoms with Crippen LogP contribution in [0.3, 0.4) is 0 Å². The zero-order chi connectivity index (χ0) is 20.1. The van der Waals surface area contributed by atoms with Crippen LogP contribution in [0.5, 0.6) is 0 Å². The molecular formula is C17H17FN6O2S2. The number of nitrogens with one attached hydrogen (secondary N) is 2. The van der Waals surface area contributed by atoms with Gasteiger partial charge in [0.2, 0.25) is 11.8 Å². The minimum absolute atomic E-state index is 0.0665. The van der Waals surface area contributed by atoms with Crippen molar-refractivity contribution in [3.8, 4) is 0 Å². The molecule has 0 unspecified atom stereocenters. The fourth-order valence-corrected chi connectivity index (χ4v) is 3.66. The van der Waals surface area contributed by atoms with Crippen molar-refractivity contribution < 1.29 is 14.0 Å². The summed E-state index contributed by atoms with van der Waals surface area (Å²) >= 11 is 2.56. The first-order chi connectivity index (χ1) is 13.4. The fourth-order valence-electron chi connectivity index (χ4n) is 2.22. The van der Waals surface area contributed by atoms with E-state index in [9.17, 15) is 14.0 Å². The summed E-state index contributed by atoms with van der Waals surface area (Å²) in [6, 6.07) is 5.93. The summed E-state index contributed by atoms with van der Waals surface area (Å²) in [4.78, 5) is 28.3. The van der Waals surface area contributed by atoms with Crippen LogP contribution >= 0.6 is 23.1 Å². The van der Waals surface area contributed by atoms with E-state index in [2.05, 4.69) is 25.8 Å². The van der Waals surface area contributed by atoms with Gasteiger partial charge in [0.25, 0.3) is 0 Å². The number of benzene rings is 1. The third kappa shape index (κ3) is 5.14. The Morgan fingerprint density at radius 3 is 2.71 bits per heavy atom. The maximum absolute atomic E-state index is 13.6. The average Bonchev–Trinajstić information content (AvgIpc) is 3.21. The Bertz CT molecular complexity index is 1000. The summed E-state index contributed by atoms with van der Waals surface area (Å²) < 4.78 is 15.2. The molecule has 2 amide bonds. The van der Waals surface area contributed by atoms with Gasteiger partial charge in [0.1, 0.15) is 11.6 Å². The number of amides is 2. The van der Waals surface area contributed by atoms with Crippen molar-refractivity contribution in [2.24, 2.45) is 7.05 Å². The van der Waals surface area contributed by atoms with Crippen LogP contribution in [0, 0.1) is 12.7 Å². The van der Waals surface area contributed by atoms with Gasteiger partial charge >= 0.3 is 0 Å². The molecule has 0 atom stereocenters. The number of carbonyl (C=O) groups excluding carboxylic acids is 2. The van der Waals surface area contributed by atoms with Crippen LogP contribution in [-0.2, 0) is 23.1 Å². The highest BCUT2D eigenvalue weighted by Gasteiger charge is 2.15. The van der Waals surface area contributed by atoms with Gasteiger partial charge in [0, 0.05) is 12.4 Å². The van der Waals surface area contributed by atoms with E-state index in [4.69, 9.17) is 0 Å². The zero-order valence-corrected chi connectivity index (χ0v) is 16.7. The van der Waals surface area contributed by atoms with Gasteiger partial charge in [-0.05, 0) is 19.1 Å². The second-order valence-corrected chi connectivity index (χ2v) is 7.59.